The summed E-state index contributed by atoms with van der Waals surface area (Å²) >= 11 is 0. The second kappa shape index (κ2) is 5.62. The van der Waals surface area contributed by atoms with Crippen LogP contribution in [0.4, 0.5) is 0 Å². The van der Waals surface area contributed by atoms with Gasteiger partial charge in [0.2, 0.25) is 5.91 Å². The quantitative estimate of drug-likeness (QED) is 0.790. The lowest BCUT2D eigenvalue weighted by molar-refractivity contribution is -0.126. The van der Waals surface area contributed by atoms with Crippen molar-refractivity contribution in [3.8, 4) is 0 Å². The lowest BCUT2D eigenvalue weighted by Crippen LogP contribution is -2.26. The number of benzene rings is 2. The first-order valence-electron chi connectivity index (χ1n) is 5.81. The van der Waals surface area contributed by atoms with Gasteiger partial charge in [0.15, 0.2) is 0 Å². The van der Waals surface area contributed by atoms with Crippen LogP contribution in [0.2, 0.25) is 0 Å². The molecule has 2 aromatic carbocycles. The third-order valence-corrected chi connectivity index (χ3v) is 2.75. The number of primary amides is 1. The second-order valence-corrected chi connectivity index (χ2v) is 4.20. The molecule has 0 saturated carbocycles. The third-order valence-electron chi connectivity index (χ3n) is 2.75. The van der Waals surface area contributed by atoms with Gasteiger partial charge in [0.25, 0.3) is 0 Å². The lowest BCUT2D eigenvalue weighted by Gasteiger charge is -2.14. The number of nitrogens with one attached hydrogen (secondary N) is 1. The van der Waals surface area contributed by atoms with E-state index in [1.807, 2.05) is 25.1 Å². The van der Waals surface area contributed by atoms with Crippen LogP contribution in [0, 0.1) is 0 Å². The van der Waals surface area contributed by atoms with Gasteiger partial charge in [-0.15, -0.1) is 0 Å². The van der Waals surface area contributed by atoms with Crippen LogP contribution >= 0.6 is 0 Å². The average Bonchev–Trinajstić information content (AvgIpc) is 2.37. The number of amides is 1. The van der Waals surface area contributed by atoms with Crippen LogP contribution in [0.25, 0.3) is 10.8 Å². The highest BCUT2D eigenvalue weighted by molar-refractivity contribution is 5.83. The molecule has 0 aliphatic carbocycles. The predicted molar refractivity (Wildman–Crippen MR) is 70.6 cm³/mol. The van der Waals surface area contributed by atoms with E-state index in [4.69, 9.17) is 10.6 Å². The van der Waals surface area contributed by atoms with Gasteiger partial charge >= 0.3 is 0 Å². The van der Waals surface area contributed by atoms with E-state index in [0.29, 0.717) is 0 Å². The summed E-state index contributed by atoms with van der Waals surface area (Å²) in [6.07, 6.45) is 0. The Kier molecular flexibility index (Phi) is 3.92. The first kappa shape index (κ1) is 12.5. The minimum Gasteiger partial charge on any atom is -0.368 e. The van der Waals surface area contributed by atoms with Gasteiger partial charge in [-0.3, -0.25) is 9.63 Å². The van der Waals surface area contributed by atoms with Gasteiger partial charge in [-0.05, 0) is 29.3 Å². The zero-order valence-electron chi connectivity index (χ0n) is 10.2. The maximum Gasteiger partial charge on any atom is 0.245 e. The lowest BCUT2D eigenvalue weighted by atomic mass is 10.0. The van der Waals surface area contributed by atoms with Crippen LogP contribution in [0.15, 0.2) is 42.5 Å². The van der Waals surface area contributed by atoms with E-state index in [9.17, 15) is 4.79 Å². The van der Waals surface area contributed by atoms with E-state index in [1.165, 1.54) is 10.8 Å². The maximum atomic E-state index is 10.5. The van der Waals surface area contributed by atoms with E-state index in [2.05, 4.69) is 29.7 Å². The van der Waals surface area contributed by atoms with E-state index in [0.717, 1.165) is 5.56 Å². The topological polar surface area (TPSA) is 64.3 Å². The number of hydrogen-bond acceptors (Lipinski definition) is 3. The van der Waals surface area contributed by atoms with Crippen molar-refractivity contribution in [1.82, 2.24) is 5.48 Å². The Morgan fingerprint density at radius 2 is 2.00 bits per heavy atom. The van der Waals surface area contributed by atoms with Crippen molar-refractivity contribution < 1.29 is 9.63 Å². The highest BCUT2D eigenvalue weighted by Crippen LogP contribution is 2.20. The number of carbonyl (C=O) groups is 1. The molecule has 94 valence electrons. The van der Waals surface area contributed by atoms with Crippen molar-refractivity contribution in [3.05, 3.63) is 48.0 Å². The normalized spacial score (nSPS) is 12.5. The highest BCUT2D eigenvalue weighted by Gasteiger charge is 2.06. The fourth-order valence-corrected chi connectivity index (χ4v) is 1.78. The summed E-state index contributed by atoms with van der Waals surface area (Å²) in [6, 6.07) is 14.4. The summed E-state index contributed by atoms with van der Waals surface area (Å²) in [4.78, 5) is 15.5. The van der Waals surface area contributed by atoms with Gasteiger partial charge in [0, 0.05) is 0 Å². The third kappa shape index (κ3) is 3.06. The molecule has 1 unspecified atom stereocenters. The molecule has 0 aliphatic rings. The summed E-state index contributed by atoms with van der Waals surface area (Å²) < 4.78 is 0. The van der Waals surface area contributed by atoms with Crippen molar-refractivity contribution in [1.29, 1.82) is 0 Å². The summed E-state index contributed by atoms with van der Waals surface area (Å²) in [7, 11) is 0. The smallest absolute Gasteiger partial charge is 0.245 e. The molecule has 0 fully saturated rings. The molecule has 1 atom stereocenters. The minimum absolute atomic E-state index is 0.00560. The minimum atomic E-state index is -0.492. The molecule has 4 heteroatoms. The SMILES string of the molecule is CC(NOCC(N)=O)c1ccc2ccccc2c1. The zero-order valence-corrected chi connectivity index (χ0v) is 10.2. The molecule has 3 N–H and O–H groups in total. The van der Waals surface area contributed by atoms with Gasteiger partial charge in [-0.2, -0.15) is 5.48 Å². The Labute approximate surface area is 106 Å². The molecule has 0 heterocycles. The number of carbonyl (C=O) groups excluding carboxylic acids is 1. The molecule has 0 aromatic heterocycles. The highest BCUT2D eigenvalue weighted by atomic mass is 16.6. The summed E-state index contributed by atoms with van der Waals surface area (Å²) in [5.41, 5.74) is 8.88. The number of hydroxylamine groups is 1. The first-order chi connectivity index (χ1) is 8.66. The summed E-state index contributed by atoms with van der Waals surface area (Å²) in [5, 5.41) is 2.38. The van der Waals surface area contributed by atoms with Crippen molar-refractivity contribution in [2.45, 2.75) is 13.0 Å². The van der Waals surface area contributed by atoms with E-state index < -0.39 is 5.91 Å². The van der Waals surface area contributed by atoms with Gasteiger partial charge in [-0.1, -0.05) is 36.4 Å². The Morgan fingerprint density at radius 3 is 2.72 bits per heavy atom. The molecule has 0 aliphatic heterocycles. The maximum absolute atomic E-state index is 10.5. The van der Waals surface area contributed by atoms with E-state index in [-0.39, 0.29) is 12.6 Å². The number of rotatable bonds is 5. The predicted octanol–water partition coefficient (Wildman–Crippen LogP) is 1.91. The van der Waals surface area contributed by atoms with Crippen LogP contribution in [0.5, 0.6) is 0 Å². The van der Waals surface area contributed by atoms with Crippen LogP contribution in [-0.2, 0) is 9.63 Å². The van der Waals surface area contributed by atoms with Crippen LogP contribution in [-0.4, -0.2) is 12.5 Å². The summed E-state index contributed by atoms with van der Waals surface area (Å²) in [5.74, 6) is -0.492. The van der Waals surface area contributed by atoms with Gasteiger partial charge in [-0.25, -0.2) is 0 Å². The second-order valence-electron chi connectivity index (χ2n) is 4.20. The Hall–Kier alpha value is -1.91. The fraction of sp³-hybridized carbons (Fsp3) is 0.214. The largest absolute Gasteiger partial charge is 0.368 e. The van der Waals surface area contributed by atoms with Crippen molar-refractivity contribution in [3.63, 3.8) is 0 Å². The molecule has 2 aromatic rings. The van der Waals surface area contributed by atoms with E-state index in [1.54, 1.807) is 0 Å². The Morgan fingerprint density at radius 1 is 1.28 bits per heavy atom. The monoisotopic (exact) mass is 244 g/mol. The Bertz CT molecular complexity index is 554. The fourth-order valence-electron chi connectivity index (χ4n) is 1.78. The van der Waals surface area contributed by atoms with Gasteiger partial charge < -0.3 is 5.73 Å². The molecule has 0 saturated heterocycles. The molecule has 2 rings (SSSR count). The van der Waals surface area contributed by atoms with Crippen LogP contribution in [0.3, 0.4) is 0 Å². The zero-order chi connectivity index (χ0) is 13.0. The molecular weight excluding hydrogens is 228 g/mol. The molecule has 0 spiro atoms. The molecule has 4 nitrogen and oxygen atoms in total. The Balaban J connectivity index is 2.08. The van der Waals surface area contributed by atoms with Crippen molar-refractivity contribution in [2.24, 2.45) is 5.73 Å². The standard InChI is InChI=1S/C14H16N2O2/c1-10(16-18-9-14(15)17)12-7-6-11-4-2-3-5-13(11)8-12/h2-8,10,16H,9H2,1H3,(H2,15,17). The van der Waals surface area contributed by atoms with Crippen molar-refractivity contribution >= 4 is 16.7 Å². The first-order valence-corrected chi connectivity index (χ1v) is 5.81. The molecular formula is C14H16N2O2. The molecule has 0 bridgehead atoms. The molecule has 1 amide bonds. The number of fused-ring (bicyclic) bond motifs is 1. The van der Waals surface area contributed by atoms with Gasteiger partial charge in [0.05, 0.1) is 6.04 Å². The molecule has 0 radical (unpaired) electrons. The summed E-state index contributed by atoms with van der Waals surface area (Å²) in [6.45, 7) is 1.84. The number of hydrogen-bond donors (Lipinski definition) is 2. The molecule has 18 heavy (non-hydrogen) atoms. The van der Waals surface area contributed by atoms with Crippen LogP contribution in [0.1, 0.15) is 18.5 Å². The van der Waals surface area contributed by atoms with E-state index >= 15 is 0 Å². The van der Waals surface area contributed by atoms with Crippen molar-refractivity contribution in [2.75, 3.05) is 6.61 Å². The van der Waals surface area contributed by atoms with Gasteiger partial charge in [0.1, 0.15) is 6.61 Å². The average molecular weight is 244 g/mol. The number of nitrogens with two attached hydrogens (primary N) is 1. The van der Waals surface area contributed by atoms with Crippen LogP contribution < -0.4 is 11.2 Å².